The van der Waals surface area contributed by atoms with E-state index < -0.39 is 33.4 Å². The highest BCUT2D eigenvalue weighted by Crippen LogP contribution is 2.32. The van der Waals surface area contributed by atoms with Gasteiger partial charge in [0.25, 0.3) is 0 Å². The molecule has 2 fully saturated rings. The summed E-state index contributed by atoms with van der Waals surface area (Å²) in [7, 11) is -3.57. The number of hydrogen-bond donors (Lipinski definition) is 1. The third-order valence-electron chi connectivity index (χ3n) is 7.33. The topological polar surface area (TPSA) is 97.7 Å². The first-order chi connectivity index (χ1) is 17.3. The maximum atomic E-state index is 14.0. The quantitative estimate of drug-likeness (QED) is 0.581. The Kier molecular flexibility index (Phi) is 7.88. The fourth-order valence-corrected chi connectivity index (χ4v) is 6.57. The predicted octanol–water partition coefficient (Wildman–Crippen LogP) is 4.65. The van der Waals surface area contributed by atoms with Gasteiger partial charge in [0, 0.05) is 42.5 Å². The smallest absolute Gasteiger partial charge is 0.408 e. The lowest BCUT2D eigenvalue weighted by Gasteiger charge is -2.35. The molecule has 0 spiro atoms. The molecule has 2 heterocycles. The number of fused-ring (bicyclic) bond motifs is 1. The molecule has 2 atom stereocenters. The van der Waals surface area contributed by atoms with Crippen LogP contribution in [0, 0.1) is 11.7 Å². The van der Waals surface area contributed by atoms with Crippen molar-refractivity contribution in [2.75, 3.05) is 12.8 Å². The number of carbonyl (C=O) groups is 2. The van der Waals surface area contributed by atoms with Gasteiger partial charge in [0.05, 0.1) is 4.90 Å². The molecule has 1 aromatic heterocycles. The Morgan fingerprint density at radius 2 is 1.84 bits per heavy atom. The number of ether oxygens (including phenoxy) is 1. The Balaban J connectivity index is 1.59. The molecule has 2 amide bonds. The third-order valence-corrected chi connectivity index (χ3v) is 8.46. The van der Waals surface area contributed by atoms with Crippen molar-refractivity contribution in [1.82, 2.24) is 14.8 Å². The van der Waals surface area contributed by atoms with Crippen LogP contribution in [0.1, 0.15) is 65.7 Å². The van der Waals surface area contributed by atoms with E-state index in [0.717, 1.165) is 51.2 Å². The van der Waals surface area contributed by atoms with Crippen LogP contribution in [0.2, 0.25) is 0 Å². The summed E-state index contributed by atoms with van der Waals surface area (Å²) in [5.74, 6) is -0.579. The van der Waals surface area contributed by atoms with Crippen molar-refractivity contribution in [3.63, 3.8) is 0 Å². The van der Waals surface area contributed by atoms with E-state index >= 15 is 0 Å². The molecule has 1 saturated carbocycles. The number of sulfone groups is 1. The van der Waals surface area contributed by atoms with E-state index in [4.69, 9.17) is 4.74 Å². The molecule has 0 bridgehead atoms. The highest BCUT2D eigenvalue weighted by Gasteiger charge is 2.39. The largest absolute Gasteiger partial charge is 0.444 e. The first kappa shape index (κ1) is 27.4. The van der Waals surface area contributed by atoms with Crippen molar-refractivity contribution in [2.45, 2.75) is 94.8 Å². The van der Waals surface area contributed by atoms with E-state index in [1.54, 1.807) is 31.4 Å². The lowest BCUT2D eigenvalue weighted by atomic mass is 9.83. The number of rotatable bonds is 6. The van der Waals surface area contributed by atoms with E-state index in [9.17, 15) is 22.4 Å². The molecule has 1 aromatic carbocycles. The number of alkyl carbamates (subject to hydrolysis) is 1. The Hall–Kier alpha value is -2.62. The molecule has 0 radical (unpaired) electrons. The minimum absolute atomic E-state index is 0.0437. The van der Waals surface area contributed by atoms with Gasteiger partial charge in [-0.1, -0.05) is 19.3 Å². The van der Waals surface area contributed by atoms with Crippen LogP contribution in [0.3, 0.4) is 0 Å². The Morgan fingerprint density at radius 3 is 2.49 bits per heavy atom. The van der Waals surface area contributed by atoms with Crippen LogP contribution in [0.15, 0.2) is 29.3 Å². The Morgan fingerprint density at radius 1 is 1.14 bits per heavy atom. The summed E-state index contributed by atoms with van der Waals surface area (Å²) in [6.45, 7) is 6.32. The molecule has 37 heavy (non-hydrogen) atoms. The highest BCUT2D eigenvalue weighted by molar-refractivity contribution is 7.91. The molecule has 204 valence electrons. The summed E-state index contributed by atoms with van der Waals surface area (Å²) in [5, 5.41) is 3.22. The van der Waals surface area contributed by atoms with Crippen LogP contribution in [-0.4, -0.2) is 60.4 Å². The summed E-state index contributed by atoms with van der Waals surface area (Å²) in [5.41, 5.74) is -0.0657. The van der Waals surface area contributed by atoms with Crippen molar-refractivity contribution in [3.05, 3.63) is 30.2 Å². The van der Waals surface area contributed by atoms with Crippen molar-refractivity contribution in [1.29, 1.82) is 0 Å². The van der Waals surface area contributed by atoms with E-state index in [1.807, 2.05) is 4.90 Å². The van der Waals surface area contributed by atoms with Crippen molar-refractivity contribution < 1.29 is 27.1 Å². The van der Waals surface area contributed by atoms with Gasteiger partial charge in [0.1, 0.15) is 17.5 Å². The van der Waals surface area contributed by atoms with Gasteiger partial charge >= 0.3 is 6.09 Å². The number of carbonyl (C=O) groups excluding carboxylic acids is 2. The molecule has 4 rings (SSSR count). The van der Waals surface area contributed by atoms with E-state index in [1.165, 1.54) is 18.3 Å². The summed E-state index contributed by atoms with van der Waals surface area (Å²) < 4.78 is 46.0. The molecule has 2 aromatic rings. The van der Waals surface area contributed by atoms with Crippen molar-refractivity contribution >= 4 is 32.7 Å². The molecule has 1 aliphatic heterocycles. The Bertz CT molecular complexity index is 1260. The number of hydrogen-bond acceptors (Lipinski definition) is 5. The van der Waals surface area contributed by atoms with Crippen LogP contribution < -0.4 is 5.32 Å². The predicted molar refractivity (Wildman–Crippen MR) is 139 cm³/mol. The minimum atomic E-state index is -3.57. The second kappa shape index (κ2) is 10.6. The van der Waals surface area contributed by atoms with Gasteiger partial charge < -0.3 is 19.5 Å². The maximum absolute atomic E-state index is 14.0. The standard InChI is InChI=1S/C27H38FN3O5S/c1-27(2,3)36-26(33)29-24(18-9-6-5-7-10-18)25(32)31-14-8-11-20(31)16-30-17-23(37(4,34)35)21-15-19(28)12-13-22(21)30/h12-13,15,17-18,20,24H,5-11,14,16H2,1-4H3,(H,29,33)/t20-,24-/m0/s1. The summed E-state index contributed by atoms with van der Waals surface area (Å²) in [6, 6.07) is 3.29. The number of benzene rings is 1. The van der Waals surface area contributed by atoms with E-state index in [-0.39, 0.29) is 22.8 Å². The maximum Gasteiger partial charge on any atom is 0.408 e. The van der Waals surface area contributed by atoms with Gasteiger partial charge in [0.2, 0.25) is 5.91 Å². The first-order valence-electron chi connectivity index (χ1n) is 13.1. The SMILES string of the molecule is CC(C)(C)OC(=O)N[C@H](C(=O)N1CCC[C@H]1Cn1cc(S(C)(=O)=O)c2cc(F)ccc21)C1CCCCC1. The second-order valence-electron chi connectivity index (χ2n) is 11.4. The van der Waals surface area contributed by atoms with Gasteiger partial charge in [-0.15, -0.1) is 0 Å². The third kappa shape index (κ3) is 6.45. The fraction of sp³-hybridized carbons (Fsp3) is 0.630. The van der Waals surface area contributed by atoms with Gasteiger partial charge in [-0.2, -0.15) is 0 Å². The molecule has 1 aliphatic carbocycles. The summed E-state index contributed by atoms with van der Waals surface area (Å²) in [4.78, 5) is 28.5. The zero-order chi connectivity index (χ0) is 27.0. The van der Waals surface area contributed by atoms with Crippen LogP contribution in [0.4, 0.5) is 9.18 Å². The summed E-state index contributed by atoms with van der Waals surface area (Å²) >= 11 is 0. The molecule has 2 aliphatic rings. The van der Waals surface area contributed by atoms with Crippen LogP contribution in [0.5, 0.6) is 0 Å². The zero-order valence-electron chi connectivity index (χ0n) is 22.1. The van der Waals surface area contributed by atoms with E-state index in [0.29, 0.717) is 24.0 Å². The molecule has 0 unspecified atom stereocenters. The van der Waals surface area contributed by atoms with Crippen molar-refractivity contribution in [2.24, 2.45) is 5.92 Å². The van der Waals surface area contributed by atoms with E-state index in [2.05, 4.69) is 5.32 Å². The van der Waals surface area contributed by atoms with Gasteiger partial charge in [-0.3, -0.25) is 4.79 Å². The number of nitrogens with zero attached hydrogens (tertiary/aromatic N) is 2. The highest BCUT2D eigenvalue weighted by atomic mass is 32.2. The van der Waals surface area contributed by atoms with Crippen LogP contribution in [-0.2, 0) is 25.9 Å². The molecular formula is C27H38FN3O5S. The number of likely N-dealkylation sites (tertiary alicyclic amines) is 1. The molecule has 10 heteroatoms. The van der Waals surface area contributed by atoms with Crippen molar-refractivity contribution in [3.8, 4) is 0 Å². The number of amides is 2. The van der Waals surface area contributed by atoms with Gasteiger partial charge in [-0.05, 0) is 70.6 Å². The number of nitrogens with one attached hydrogen (secondary N) is 1. The molecular weight excluding hydrogens is 497 g/mol. The molecule has 8 nitrogen and oxygen atoms in total. The lowest BCUT2D eigenvalue weighted by molar-refractivity contribution is -0.136. The number of halogens is 1. The first-order valence-corrected chi connectivity index (χ1v) is 15.0. The Labute approximate surface area is 218 Å². The van der Waals surface area contributed by atoms with Crippen LogP contribution in [0.25, 0.3) is 10.9 Å². The average molecular weight is 536 g/mol. The number of aromatic nitrogens is 1. The zero-order valence-corrected chi connectivity index (χ0v) is 22.9. The fourth-order valence-electron chi connectivity index (χ4n) is 5.69. The normalized spacial score (nSPS) is 20.2. The molecule has 1 N–H and O–H groups in total. The van der Waals surface area contributed by atoms with Gasteiger partial charge in [-0.25, -0.2) is 17.6 Å². The second-order valence-corrected chi connectivity index (χ2v) is 13.4. The summed E-state index contributed by atoms with van der Waals surface area (Å²) in [6.07, 6.45) is 8.53. The lowest BCUT2D eigenvalue weighted by Crippen LogP contribution is -2.55. The minimum Gasteiger partial charge on any atom is -0.444 e. The van der Waals surface area contributed by atoms with Crippen LogP contribution >= 0.6 is 0 Å². The monoisotopic (exact) mass is 535 g/mol. The average Bonchev–Trinajstić information content (AvgIpc) is 3.41. The molecule has 1 saturated heterocycles. The van der Waals surface area contributed by atoms with Gasteiger partial charge in [0.15, 0.2) is 9.84 Å².